The van der Waals surface area contributed by atoms with Gasteiger partial charge < -0.3 is 16.0 Å². The van der Waals surface area contributed by atoms with Crippen molar-refractivity contribution in [3.05, 3.63) is 29.8 Å². The summed E-state index contributed by atoms with van der Waals surface area (Å²) in [5, 5.41) is 8.20. The average molecular weight is 372 g/mol. The number of anilines is 1. The molecule has 1 saturated heterocycles. The lowest BCUT2D eigenvalue weighted by atomic mass is 9.98. The fourth-order valence-electron chi connectivity index (χ4n) is 3.63. The van der Waals surface area contributed by atoms with Crippen molar-refractivity contribution in [2.45, 2.75) is 44.6 Å². The van der Waals surface area contributed by atoms with E-state index in [2.05, 4.69) is 16.0 Å². The highest BCUT2D eigenvalue weighted by Gasteiger charge is 2.52. The third-order valence-electron chi connectivity index (χ3n) is 5.01. The molecule has 1 aliphatic carbocycles. The van der Waals surface area contributed by atoms with Gasteiger partial charge >= 0.3 is 6.03 Å². The predicted molar refractivity (Wildman–Crippen MR) is 99.1 cm³/mol. The van der Waals surface area contributed by atoms with Crippen LogP contribution in [0.2, 0.25) is 0 Å². The number of urea groups is 1. The summed E-state index contributed by atoms with van der Waals surface area (Å²) in [4.78, 5) is 49.9. The largest absolute Gasteiger partial charge is 0.352 e. The zero-order valence-corrected chi connectivity index (χ0v) is 15.3. The van der Waals surface area contributed by atoms with Crippen molar-refractivity contribution in [2.75, 3.05) is 18.4 Å². The van der Waals surface area contributed by atoms with Gasteiger partial charge in [-0.25, -0.2) is 4.79 Å². The van der Waals surface area contributed by atoms with E-state index in [0.29, 0.717) is 30.6 Å². The molecule has 1 saturated carbocycles. The van der Waals surface area contributed by atoms with E-state index in [-0.39, 0.29) is 30.7 Å². The van der Waals surface area contributed by atoms with Crippen LogP contribution in [0, 0.1) is 0 Å². The molecule has 1 aromatic carbocycles. The summed E-state index contributed by atoms with van der Waals surface area (Å²) in [6, 6.07) is 6.19. The number of benzene rings is 1. The lowest BCUT2D eigenvalue weighted by Crippen LogP contribution is -2.44. The van der Waals surface area contributed by atoms with E-state index >= 15 is 0 Å². The molecule has 1 heterocycles. The number of rotatable bonds is 6. The van der Waals surface area contributed by atoms with Crippen molar-refractivity contribution >= 4 is 29.4 Å². The first kappa shape index (κ1) is 18.9. The Morgan fingerprint density at radius 2 is 1.96 bits per heavy atom. The second-order valence-corrected chi connectivity index (χ2v) is 6.91. The summed E-state index contributed by atoms with van der Waals surface area (Å²) in [5.74, 6) is -0.762. The number of carbonyl (C=O) groups is 4. The number of carbonyl (C=O) groups excluding carboxylic acids is 4. The van der Waals surface area contributed by atoms with E-state index in [1.807, 2.05) is 6.92 Å². The highest BCUT2D eigenvalue weighted by molar-refractivity contribution is 6.07. The fraction of sp³-hybridized carbons (Fsp3) is 0.474. The number of hydrogen-bond donors (Lipinski definition) is 3. The third-order valence-corrected chi connectivity index (χ3v) is 5.01. The van der Waals surface area contributed by atoms with Gasteiger partial charge in [0.15, 0.2) is 0 Å². The minimum absolute atomic E-state index is 0.000619. The molecule has 0 unspecified atom stereocenters. The van der Waals surface area contributed by atoms with E-state index < -0.39 is 11.6 Å². The van der Waals surface area contributed by atoms with E-state index in [1.54, 1.807) is 24.3 Å². The summed E-state index contributed by atoms with van der Waals surface area (Å²) < 4.78 is 0. The molecule has 5 amide bonds. The first-order valence-electron chi connectivity index (χ1n) is 9.27. The Morgan fingerprint density at radius 1 is 1.22 bits per heavy atom. The molecule has 2 aliphatic rings. The molecule has 1 spiro atoms. The predicted octanol–water partition coefficient (Wildman–Crippen LogP) is 1.63. The second kappa shape index (κ2) is 7.77. The van der Waals surface area contributed by atoms with Gasteiger partial charge in [0, 0.05) is 30.8 Å². The molecule has 3 N–H and O–H groups in total. The summed E-state index contributed by atoms with van der Waals surface area (Å²) in [6.07, 6.45) is 3.16. The van der Waals surface area contributed by atoms with Crippen LogP contribution in [0.3, 0.4) is 0 Å². The van der Waals surface area contributed by atoms with Crippen molar-refractivity contribution in [3.8, 4) is 0 Å². The van der Waals surface area contributed by atoms with Crippen LogP contribution < -0.4 is 16.0 Å². The van der Waals surface area contributed by atoms with Crippen LogP contribution in [-0.2, 0) is 9.59 Å². The zero-order chi connectivity index (χ0) is 19.4. The monoisotopic (exact) mass is 372 g/mol. The molecule has 27 heavy (non-hydrogen) atoms. The number of amides is 5. The lowest BCUT2D eigenvalue weighted by molar-refractivity contribution is -0.131. The van der Waals surface area contributed by atoms with Gasteiger partial charge in [0.1, 0.15) is 5.54 Å². The van der Waals surface area contributed by atoms with E-state index in [9.17, 15) is 19.2 Å². The highest BCUT2D eigenvalue weighted by Crippen LogP contribution is 2.35. The number of imide groups is 1. The van der Waals surface area contributed by atoms with Gasteiger partial charge in [-0.1, -0.05) is 18.9 Å². The third kappa shape index (κ3) is 3.94. The van der Waals surface area contributed by atoms with Gasteiger partial charge in [0.25, 0.3) is 11.8 Å². The molecular formula is C19H24N4O4. The molecule has 1 aromatic rings. The average Bonchev–Trinajstić information content (AvgIpc) is 3.20. The SMILES string of the molecule is CCNC(=O)c1cccc(NC(=O)CCN2C(=O)NC3(CCCC3)C2=O)c1. The molecule has 3 rings (SSSR count). The number of hydrogen-bond acceptors (Lipinski definition) is 4. The van der Waals surface area contributed by atoms with Crippen LogP contribution in [-0.4, -0.2) is 47.3 Å². The molecule has 1 aliphatic heterocycles. The van der Waals surface area contributed by atoms with Crippen LogP contribution in [0.15, 0.2) is 24.3 Å². The van der Waals surface area contributed by atoms with Crippen molar-refractivity contribution in [2.24, 2.45) is 0 Å². The number of nitrogens with one attached hydrogen (secondary N) is 3. The quantitative estimate of drug-likeness (QED) is 0.660. The maximum atomic E-state index is 12.6. The summed E-state index contributed by atoms with van der Waals surface area (Å²) >= 11 is 0. The Hall–Kier alpha value is -2.90. The van der Waals surface area contributed by atoms with Gasteiger partial charge in [-0.3, -0.25) is 19.3 Å². The molecule has 0 bridgehead atoms. The molecular weight excluding hydrogens is 348 g/mol. The standard InChI is InChI=1S/C19H24N4O4/c1-2-20-16(25)13-6-5-7-14(12-13)21-15(24)8-11-23-17(26)19(22-18(23)27)9-3-4-10-19/h5-7,12H,2-4,8-11H2,1H3,(H,20,25)(H,21,24)(H,22,27). The van der Waals surface area contributed by atoms with Crippen molar-refractivity contribution in [1.82, 2.24) is 15.5 Å². The van der Waals surface area contributed by atoms with Gasteiger partial charge in [-0.15, -0.1) is 0 Å². The van der Waals surface area contributed by atoms with Crippen molar-refractivity contribution in [1.29, 1.82) is 0 Å². The Morgan fingerprint density at radius 3 is 2.67 bits per heavy atom. The zero-order valence-electron chi connectivity index (χ0n) is 15.3. The van der Waals surface area contributed by atoms with Gasteiger partial charge in [-0.05, 0) is 38.0 Å². The molecule has 0 radical (unpaired) electrons. The van der Waals surface area contributed by atoms with E-state index in [4.69, 9.17) is 0 Å². The van der Waals surface area contributed by atoms with Crippen LogP contribution in [0.4, 0.5) is 10.5 Å². The molecule has 2 fully saturated rings. The second-order valence-electron chi connectivity index (χ2n) is 6.91. The minimum Gasteiger partial charge on any atom is -0.352 e. The summed E-state index contributed by atoms with van der Waals surface area (Å²) in [7, 11) is 0. The summed E-state index contributed by atoms with van der Waals surface area (Å²) in [6.45, 7) is 2.38. The Balaban J connectivity index is 1.56. The Bertz CT molecular complexity index is 771. The summed E-state index contributed by atoms with van der Waals surface area (Å²) in [5.41, 5.74) is 0.189. The minimum atomic E-state index is -0.755. The first-order valence-corrected chi connectivity index (χ1v) is 9.27. The first-order chi connectivity index (χ1) is 12.9. The van der Waals surface area contributed by atoms with Gasteiger partial charge in [-0.2, -0.15) is 0 Å². The maximum Gasteiger partial charge on any atom is 0.325 e. The van der Waals surface area contributed by atoms with Gasteiger partial charge in [0.2, 0.25) is 5.91 Å². The van der Waals surface area contributed by atoms with Gasteiger partial charge in [0.05, 0.1) is 0 Å². The van der Waals surface area contributed by atoms with E-state index in [1.165, 1.54) is 0 Å². The molecule has 8 heteroatoms. The molecule has 0 atom stereocenters. The molecule has 0 aromatic heterocycles. The molecule has 144 valence electrons. The topological polar surface area (TPSA) is 108 Å². The normalized spacial score (nSPS) is 17.9. The Labute approximate surface area is 157 Å². The fourth-order valence-corrected chi connectivity index (χ4v) is 3.63. The smallest absolute Gasteiger partial charge is 0.325 e. The maximum absolute atomic E-state index is 12.6. The number of nitrogens with zero attached hydrogens (tertiary/aromatic N) is 1. The highest BCUT2D eigenvalue weighted by atomic mass is 16.2. The van der Waals surface area contributed by atoms with Crippen LogP contribution in [0.1, 0.15) is 49.4 Å². The van der Waals surface area contributed by atoms with E-state index in [0.717, 1.165) is 17.7 Å². The van der Waals surface area contributed by atoms with Crippen LogP contribution >= 0.6 is 0 Å². The Kier molecular flexibility index (Phi) is 5.43. The van der Waals surface area contributed by atoms with Crippen LogP contribution in [0.5, 0.6) is 0 Å². The molecule has 8 nitrogen and oxygen atoms in total. The lowest BCUT2D eigenvalue weighted by Gasteiger charge is -2.19. The van der Waals surface area contributed by atoms with Crippen LogP contribution in [0.25, 0.3) is 0 Å². The van der Waals surface area contributed by atoms with Crippen molar-refractivity contribution in [3.63, 3.8) is 0 Å². The van der Waals surface area contributed by atoms with Crippen molar-refractivity contribution < 1.29 is 19.2 Å².